The smallest absolute Gasteiger partial charge is 0.109 e. The second kappa shape index (κ2) is 6.75. The van der Waals surface area contributed by atoms with Gasteiger partial charge in [-0.1, -0.05) is 20.8 Å². The number of fused-ring (bicyclic) bond motifs is 1. The first-order valence-electron chi connectivity index (χ1n) is 7.66. The Balaban J connectivity index is 2.30. The van der Waals surface area contributed by atoms with Gasteiger partial charge in [-0.3, -0.25) is 0 Å². The highest BCUT2D eigenvalue weighted by Gasteiger charge is 2.11. The van der Waals surface area contributed by atoms with Gasteiger partial charge in [-0.2, -0.15) is 0 Å². The van der Waals surface area contributed by atoms with E-state index >= 15 is 0 Å². The number of hydrogen-bond donors (Lipinski definition) is 1. The van der Waals surface area contributed by atoms with E-state index in [1.54, 1.807) is 0 Å². The molecule has 0 spiro atoms. The summed E-state index contributed by atoms with van der Waals surface area (Å²) < 4.78 is 2.36. The molecule has 2 N–H and O–H groups in total. The summed E-state index contributed by atoms with van der Waals surface area (Å²) in [7, 11) is 0. The number of benzene rings is 1. The maximum absolute atomic E-state index is 5.86. The predicted molar refractivity (Wildman–Crippen MR) is 85.9 cm³/mol. The number of anilines is 1. The first-order valence-corrected chi connectivity index (χ1v) is 7.66. The molecule has 0 aliphatic rings. The summed E-state index contributed by atoms with van der Waals surface area (Å²) in [4.78, 5) is 7.20. The van der Waals surface area contributed by atoms with Crippen LogP contribution in [0.3, 0.4) is 0 Å². The van der Waals surface area contributed by atoms with Gasteiger partial charge >= 0.3 is 0 Å². The minimum atomic E-state index is 0.786. The van der Waals surface area contributed by atoms with Crippen LogP contribution in [0.4, 0.5) is 5.69 Å². The average Bonchev–Trinajstić information content (AvgIpc) is 2.77. The van der Waals surface area contributed by atoms with Crippen LogP contribution in [0, 0.1) is 0 Å². The largest absolute Gasteiger partial charge is 0.399 e. The Kier molecular flexibility index (Phi) is 5.01. The quantitative estimate of drug-likeness (QED) is 0.790. The summed E-state index contributed by atoms with van der Waals surface area (Å²) >= 11 is 0. The minimum absolute atomic E-state index is 0.786. The van der Waals surface area contributed by atoms with Crippen LogP contribution in [0.2, 0.25) is 0 Å². The molecule has 0 saturated carbocycles. The fraction of sp³-hybridized carbons (Fsp3) is 0.562. The molecule has 4 nitrogen and oxygen atoms in total. The van der Waals surface area contributed by atoms with Crippen molar-refractivity contribution in [1.82, 2.24) is 14.5 Å². The van der Waals surface area contributed by atoms with Crippen molar-refractivity contribution in [1.29, 1.82) is 0 Å². The van der Waals surface area contributed by atoms with Crippen LogP contribution in [0.5, 0.6) is 0 Å². The van der Waals surface area contributed by atoms with Crippen LogP contribution < -0.4 is 5.73 Å². The lowest BCUT2D eigenvalue weighted by atomic mass is 10.3. The van der Waals surface area contributed by atoms with Crippen LogP contribution in [0.1, 0.15) is 33.0 Å². The standard InChI is InChI=1S/C16H26N4/c1-4-7-16-18-14-12-13(17)8-9-15(14)20(16)11-10-19(5-2)6-3/h8-9,12H,4-7,10-11,17H2,1-3H3. The molecule has 0 fully saturated rings. The molecule has 1 aromatic heterocycles. The SMILES string of the molecule is CCCc1nc2cc(N)ccc2n1CCN(CC)CC. The Hall–Kier alpha value is -1.55. The van der Waals surface area contributed by atoms with Gasteiger partial charge in [0, 0.05) is 25.2 Å². The molecule has 1 aromatic carbocycles. The van der Waals surface area contributed by atoms with Gasteiger partial charge in [-0.25, -0.2) is 4.98 Å². The Labute approximate surface area is 121 Å². The summed E-state index contributed by atoms with van der Waals surface area (Å²) in [6.07, 6.45) is 2.14. The average molecular weight is 274 g/mol. The number of imidazole rings is 1. The molecule has 0 atom stereocenters. The van der Waals surface area contributed by atoms with Gasteiger partial charge in [0.2, 0.25) is 0 Å². The molecular formula is C16H26N4. The first kappa shape index (κ1) is 14.9. The zero-order valence-corrected chi connectivity index (χ0v) is 12.9. The lowest BCUT2D eigenvalue weighted by molar-refractivity contribution is 0.290. The van der Waals surface area contributed by atoms with Crippen molar-refractivity contribution >= 4 is 16.7 Å². The third-order valence-electron chi connectivity index (χ3n) is 3.86. The van der Waals surface area contributed by atoms with Gasteiger partial charge < -0.3 is 15.2 Å². The second-order valence-electron chi connectivity index (χ2n) is 5.20. The third-order valence-corrected chi connectivity index (χ3v) is 3.86. The molecule has 0 radical (unpaired) electrons. The maximum Gasteiger partial charge on any atom is 0.109 e. The van der Waals surface area contributed by atoms with Crippen molar-refractivity contribution in [3.8, 4) is 0 Å². The van der Waals surface area contributed by atoms with E-state index in [9.17, 15) is 0 Å². The molecule has 4 heteroatoms. The Morgan fingerprint density at radius 2 is 1.95 bits per heavy atom. The van der Waals surface area contributed by atoms with Crippen LogP contribution in [0.25, 0.3) is 11.0 Å². The number of aromatic nitrogens is 2. The summed E-state index contributed by atoms with van der Waals surface area (Å²) in [5.41, 5.74) is 8.88. The summed E-state index contributed by atoms with van der Waals surface area (Å²) in [5, 5.41) is 0. The number of aryl methyl sites for hydroxylation is 1. The van der Waals surface area contributed by atoms with Gasteiger partial charge in [-0.05, 0) is 37.7 Å². The number of nitrogen functional groups attached to an aromatic ring is 1. The van der Waals surface area contributed by atoms with Crippen LogP contribution in [-0.2, 0) is 13.0 Å². The van der Waals surface area contributed by atoms with Gasteiger partial charge in [0.05, 0.1) is 11.0 Å². The van der Waals surface area contributed by atoms with Crippen molar-refractivity contribution < 1.29 is 0 Å². The molecule has 0 amide bonds. The van der Waals surface area contributed by atoms with Crippen molar-refractivity contribution in [2.45, 2.75) is 40.2 Å². The van der Waals surface area contributed by atoms with Crippen molar-refractivity contribution in [2.24, 2.45) is 0 Å². The lowest BCUT2D eigenvalue weighted by Crippen LogP contribution is -2.27. The molecule has 0 saturated heterocycles. The number of nitrogens with two attached hydrogens (primary N) is 1. The Bertz CT molecular complexity index is 555. The molecule has 20 heavy (non-hydrogen) atoms. The fourth-order valence-electron chi connectivity index (χ4n) is 2.64. The molecule has 0 bridgehead atoms. The topological polar surface area (TPSA) is 47.1 Å². The highest BCUT2D eigenvalue weighted by atomic mass is 15.2. The van der Waals surface area contributed by atoms with Crippen molar-refractivity contribution in [3.63, 3.8) is 0 Å². The summed E-state index contributed by atoms with van der Waals surface area (Å²) in [6.45, 7) is 10.9. The van der Waals surface area contributed by atoms with E-state index in [0.29, 0.717) is 0 Å². The molecule has 2 aromatic rings. The number of rotatable bonds is 7. The van der Waals surface area contributed by atoms with E-state index in [1.807, 2.05) is 12.1 Å². The molecule has 0 aliphatic carbocycles. The molecular weight excluding hydrogens is 248 g/mol. The van der Waals surface area contributed by atoms with E-state index < -0.39 is 0 Å². The minimum Gasteiger partial charge on any atom is -0.399 e. The zero-order valence-electron chi connectivity index (χ0n) is 12.9. The van der Waals surface area contributed by atoms with E-state index in [1.165, 1.54) is 11.3 Å². The predicted octanol–water partition coefficient (Wildman–Crippen LogP) is 2.91. The lowest BCUT2D eigenvalue weighted by Gasteiger charge is -2.19. The highest BCUT2D eigenvalue weighted by molar-refractivity contribution is 5.79. The maximum atomic E-state index is 5.86. The van der Waals surface area contributed by atoms with Gasteiger partial charge in [0.25, 0.3) is 0 Å². The fourth-order valence-corrected chi connectivity index (χ4v) is 2.64. The monoisotopic (exact) mass is 274 g/mol. The van der Waals surface area contributed by atoms with Gasteiger partial charge in [0.1, 0.15) is 5.82 Å². The Morgan fingerprint density at radius 3 is 2.60 bits per heavy atom. The van der Waals surface area contributed by atoms with Gasteiger partial charge in [-0.15, -0.1) is 0 Å². The molecule has 1 heterocycles. The summed E-state index contributed by atoms with van der Waals surface area (Å²) in [6, 6.07) is 6.04. The highest BCUT2D eigenvalue weighted by Crippen LogP contribution is 2.20. The number of likely N-dealkylation sites (N-methyl/N-ethyl adjacent to an activating group) is 1. The van der Waals surface area contributed by atoms with Crippen molar-refractivity contribution in [3.05, 3.63) is 24.0 Å². The third kappa shape index (κ3) is 3.12. The second-order valence-corrected chi connectivity index (χ2v) is 5.20. The zero-order chi connectivity index (χ0) is 14.5. The van der Waals surface area contributed by atoms with Crippen molar-refractivity contribution in [2.75, 3.05) is 25.4 Å². The molecule has 2 rings (SSSR count). The Morgan fingerprint density at radius 1 is 1.20 bits per heavy atom. The van der Waals surface area contributed by atoms with E-state index in [0.717, 1.165) is 50.2 Å². The van der Waals surface area contributed by atoms with E-state index in [4.69, 9.17) is 10.7 Å². The first-order chi connectivity index (χ1) is 9.69. The number of hydrogen-bond acceptors (Lipinski definition) is 3. The molecule has 0 aliphatic heterocycles. The molecule has 0 unspecified atom stereocenters. The number of nitrogens with zero attached hydrogens (tertiary/aromatic N) is 3. The summed E-state index contributed by atoms with van der Waals surface area (Å²) in [5.74, 6) is 1.18. The normalized spacial score (nSPS) is 11.6. The van der Waals surface area contributed by atoms with Gasteiger partial charge in [0.15, 0.2) is 0 Å². The van der Waals surface area contributed by atoms with Crippen LogP contribution in [-0.4, -0.2) is 34.1 Å². The van der Waals surface area contributed by atoms with Crippen LogP contribution in [0.15, 0.2) is 18.2 Å². The van der Waals surface area contributed by atoms with E-state index in [2.05, 4.69) is 36.3 Å². The van der Waals surface area contributed by atoms with Crippen LogP contribution >= 0.6 is 0 Å². The van der Waals surface area contributed by atoms with E-state index in [-0.39, 0.29) is 0 Å². The molecule has 110 valence electrons.